The van der Waals surface area contributed by atoms with Gasteiger partial charge in [0.2, 0.25) is 0 Å². The van der Waals surface area contributed by atoms with E-state index in [0.717, 1.165) is 12.1 Å². The van der Waals surface area contributed by atoms with E-state index in [0.29, 0.717) is 23.5 Å². The monoisotopic (exact) mass is 387 g/mol. The Hall–Kier alpha value is -3.09. The number of halogens is 3. The van der Waals surface area contributed by atoms with Crippen molar-refractivity contribution in [2.75, 3.05) is 0 Å². The van der Waals surface area contributed by atoms with Crippen LogP contribution in [0.2, 0.25) is 0 Å². The second-order valence-corrected chi connectivity index (χ2v) is 6.75. The highest BCUT2D eigenvalue weighted by atomic mass is 19.2. The van der Waals surface area contributed by atoms with Crippen molar-refractivity contribution in [2.45, 2.75) is 33.0 Å². The van der Waals surface area contributed by atoms with Gasteiger partial charge in [0.15, 0.2) is 11.6 Å². The number of rotatable bonds is 6. The molecule has 0 spiro atoms. The van der Waals surface area contributed by atoms with Crippen LogP contribution < -0.4 is 0 Å². The van der Waals surface area contributed by atoms with E-state index in [1.54, 1.807) is 21.9 Å². The zero-order valence-corrected chi connectivity index (χ0v) is 15.6. The van der Waals surface area contributed by atoms with Crippen LogP contribution in [-0.2, 0) is 13.1 Å². The number of hydrogen-bond acceptors (Lipinski definition) is 2. The molecule has 4 nitrogen and oxygen atoms in total. The SMILES string of the molecule is CC(C)N(Cc1nccn1Cc1ccc(F)c(F)c1)C(=O)c1ccc(F)cc1. The lowest BCUT2D eigenvalue weighted by Gasteiger charge is -2.27. The Bertz CT molecular complexity index is 967. The Morgan fingerprint density at radius 3 is 2.43 bits per heavy atom. The first-order chi connectivity index (χ1) is 13.3. The van der Waals surface area contributed by atoms with Crippen molar-refractivity contribution in [2.24, 2.45) is 0 Å². The first-order valence-electron chi connectivity index (χ1n) is 8.85. The van der Waals surface area contributed by atoms with Crippen molar-refractivity contribution in [3.05, 3.63) is 89.3 Å². The van der Waals surface area contributed by atoms with Gasteiger partial charge < -0.3 is 9.47 Å². The normalized spacial score (nSPS) is 11.1. The number of nitrogens with zero attached hydrogens (tertiary/aromatic N) is 3. The Balaban J connectivity index is 1.81. The van der Waals surface area contributed by atoms with E-state index in [4.69, 9.17) is 0 Å². The van der Waals surface area contributed by atoms with Gasteiger partial charge in [-0.25, -0.2) is 18.2 Å². The van der Waals surface area contributed by atoms with Crippen LogP contribution in [0, 0.1) is 17.5 Å². The maximum atomic E-state index is 13.5. The van der Waals surface area contributed by atoms with Gasteiger partial charge in [0.05, 0.1) is 6.54 Å². The summed E-state index contributed by atoms with van der Waals surface area (Å²) in [4.78, 5) is 18.8. The third-order valence-electron chi connectivity index (χ3n) is 4.43. The lowest BCUT2D eigenvalue weighted by atomic mass is 10.1. The number of carbonyl (C=O) groups excluding carboxylic acids is 1. The fourth-order valence-corrected chi connectivity index (χ4v) is 2.87. The maximum absolute atomic E-state index is 13.5. The minimum absolute atomic E-state index is 0.119. The number of benzene rings is 2. The molecular formula is C21H20F3N3O. The zero-order valence-electron chi connectivity index (χ0n) is 15.6. The molecule has 2 aromatic carbocycles. The van der Waals surface area contributed by atoms with Crippen molar-refractivity contribution in [1.82, 2.24) is 14.5 Å². The molecule has 1 heterocycles. The number of amides is 1. The third kappa shape index (κ3) is 4.42. The molecule has 0 bridgehead atoms. The van der Waals surface area contributed by atoms with Gasteiger partial charge in [0.1, 0.15) is 11.6 Å². The van der Waals surface area contributed by atoms with Crippen LogP contribution in [0.25, 0.3) is 0 Å². The minimum atomic E-state index is -0.908. The Kier molecular flexibility index (Phi) is 5.82. The summed E-state index contributed by atoms with van der Waals surface area (Å²) in [7, 11) is 0. The van der Waals surface area contributed by atoms with E-state index in [9.17, 15) is 18.0 Å². The molecule has 0 unspecified atom stereocenters. The van der Waals surface area contributed by atoms with Gasteiger partial charge in [0.25, 0.3) is 5.91 Å². The molecule has 1 amide bonds. The molecule has 0 fully saturated rings. The zero-order chi connectivity index (χ0) is 20.3. The van der Waals surface area contributed by atoms with E-state index < -0.39 is 17.5 Å². The highest BCUT2D eigenvalue weighted by Gasteiger charge is 2.21. The van der Waals surface area contributed by atoms with Gasteiger partial charge in [-0.15, -0.1) is 0 Å². The summed E-state index contributed by atoms with van der Waals surface area (Å²) >= 11 is 0. The summed E-state index contributed by atoms with van der Waals surface area (Å²) < 4.78 is 41.5. The molecule has 0 aliphatic heterocycles. The van der Waals surface area contributed by atoms with E-state index in [1.807, 2.05) is 13.8 Å². The van der Waals surface area contributed by atoms with Gasteiger partial charge in [-0.05, 0) is 55.8 Å². The summed E-state index contributed by atoms with van der Waals surface area (Å²) in [6.07, 6.45) is 3.31. The van der Waals surface area contributed by atoms with Gasteiger partial charge in [0, 0.05) is 30.5 Å². The van der Waals surface area contributed by atoms with Gasteiger partial charge in [-0.2, -0.15) is 0 Å². The lowest BCUT2D eigenvalue weighted by molar-refractivity contribution is 0.0683. The van der Waals surface area contributed by atoms with Crippen molar-refractivity contribution in [3.63, 3.8) is 0 Å². The standard InChI is InChI=1S/C21H20F3N3O/c1-14(2)27(21(28)16-4-6-17(22)7-5-16)13-20-25-9-10-26(20)12-15-3-8-18(23)19(24)11-15/h3-11,14H,12-13H2,1-2H3. The quantitative estimate of drug-likeness (QED) is 0.629. The molecule has 3 rings (SSSR count). The molecule has 7 heteroatoms. The molecule has 28 heavy (non-hydrogen) atoms. The lowest BCUT2D eigenvalue weighted by Crippen LogP contribution is -2.37. The molecule has 0 saturated carbocycles. The molecular weight excluding hydrogens is 367 g/mol. The summed E-state index contributed by atoms with van der Waals surface area (Å²) in [6.45, 7) is 4.28. The number of carbonyl (C=O) groups is 1. The molecule has 0 saturated heterocycles. The first kappa shape index (κ1) is 19.7. The van der Waals surface area contributed by atoms with Crippen LogP contribution in [0.15, 0.2) is 54.9 Å². The molecule has 0 atom stereocenters. The summed E-state index contributed by atoms with van der Waals surface area (Å²) in [5, 5.41) is 0. The van der Waals surface area contributed by atoms with E-state index in [1.165, 1.54) is 30.3 Å². The molecule has 1 aromatic heterocycles. The van der Waals surface area contributed by atoms with Gasteiger partial charge >= 0.3 is 0 Å². The molecule has 146 valence electrons. The average Bonchev–Trinajstić information content (AvgIpc) is 3.09. The van der Waals surface area contributed by atoms with Crippen molar-refractivity contribution >= 4 is 5.91 Å². The van der Waals surface area contributed by atoms with Crippen molar-refractivity contribution in [3.8, 4) is 0 Å². The topological polar surface area (TPSA) is 38.1 Å². The molecule has 0 radical (unpaired) electrons. The van der Waals surface area contributed by atoms with Crippen molar-refractivity contribution in [1.29, 1.82) is 0 Å². The first-order valence-corrected chi connectivity index (χ1v) is 8.85. The van der Waals surface area contributed by atoms with Crippen LogP contribution in [0.3, 0.4) is 0 Å². The van der Waals surface area contributed by atoms with Gasteiger partial charge in [-0.3, -0.25) is 4.79 Å². The molecule has 0 aliphatic carbocycles. The average molecular weight is 387 g/mol. The number of aromatic nitrogens is 2. The van der Waals surface area contributed by atoms with Crippen LogP contribution in [-0.4, -0.2) is 26.4 Å². The number of imidazole rings is 1. The van der Waals surface area contributed by atoms with Crippen LogP contribution in [0.5, 0.6) is 0 Å². The smallest absolute Gasteiger partial charge is 0.254 e. The summed E-state index contributed by atoms with van der Waals surface area (Å²) in [5.41, 5.74) is 0.966. The number of hydrogen-bond donors (Lipinski definition) is 0. The third-order valence-corrected chi connectivity index (χ3v) is 4.43. The van der Waals surface area contributed by atoms with E-state index >= 15 is 0 Å². The second-order valence-electron chi connectivity index (χ2n) is 6.75. The predicted molar refractivity (Wildman–Crippen MR) is 99.1 cm³/mol. The fraction of sp³-hybridized carbons (Fsp3) is 0.238. The Morgan fingerprint density at radius 2 is 1.79 bits per heavy atom. The van der Waals surface area contributed by atoms with E-state index in [-0.39, 0.29) is 18.5 Å². The molecule has 0 aliphatic rings. The minimum Gasteiger partial charge on any atom is -0.329 e. The van der Waals surface area contributed by atoms with Crippen LogP contribution in [0.4, 0.5) is 13.2 Å². The Morgan fingerprint density at radius 1 is 1.07 bits per heavy atom. The molecule has 0 N–H and O–H groups in total. The molecule has 3 aromatic rings. The summed E-state index contributed by atoms with van der Waals surface area (Å²) in [6, 6.07) is 8.99. The fourth-order valence-electron chi connectivity index (χ4n) is 2.87. The highest BCUT2D eigenvalue weighted by Crippen LogP contribution is 2.16. The predicted octanol–water partition coefficient (Wildman–Crippen LogP) is 4.40. The van der Waals surface area contributed by atoms with Crippen LogP contribution >= 0.6 is 0 Å². The van der Waals surface area contributed by atoms with E-state index in [2.05, 4.69) is 4.98 Å². The Labute approximate surface area is 161 Å². The van der Waals surface area contributed by atoms with Gasteiger partial charge in [-0.1, -0.05) is 6.07 Å². The highest BCUT2D eigenvalue weighted by molar-refractivity contribution is 5.94. The van der Waals surface area contributed by atoms with Crippen LogP contribution in [0.1, 0.15) is 35.6 Å². The largest absolute Gasteiger partial charge is 0.329 e. The van der Waals surface area contributed by atoms with Crippen molar-refractivity contribution < 1.29 is 18.0 Å². The second kappa shape index (κ2) is 8.29. The summed E-state index contributed by atoms with van der Waals surface area (Å²) in [5.74, 6) is -1.85. The maximum Gasteiger partial charge on any atom is 0.254 e.